The summed E-state index contributed by atoms with van der Waals surface area (Å²) in [4.78, 5) is 34.4. The predicted octanol–water partition coefficient (Wildman–Crippen LogP) is 1.72. The number of nitrogens with zero attached hydrogens (tertiary/aromatic N) is 4. The van der Waals surface area contributed by atoms with Crippen molar-refractivity contribution in [1.29, 1.82) is 5.26 Å². The first kappa shape index (κ1) is 26.9. The third kappa shape index (κ3) is 8.48. The van der Waals surface area contributed by atoms with E-state index in [4.69, 9.17) is 14.5 Å². The van der Waals surface area contributed by atoms with Gasteiger partial charge in [0.15, 0.2) is 0 Å². The number of hydrogen-bond donors (Lipinski definition) is 2. The summed E-state index contributed by atoms with van der Waals surface area (Å²) in [5.74, 6) is -0.00701. The zero-order chi connectivity index (χ0) is 24.5. The summed E-state index contributed by atoms with van der Waals surface area (Å²) < 4.78 is 10.5. The van der Waals surface area contributed by atoms with E-state index < -0.39 is 17.7 Å². The van der Waals surface area contributed by atoms with Crippen LogP contribution in [-0.4, -0.2) is 91.9 Å². The van der Waals surface area contributed by atoms with Crippen molar-refractivity contribution in [3.63, 3.8) is 0 Å². The highest BCUT2D eigenvalue weighted by Crippen LogP contribution is 2.25. The molecule has 2 unspecified atom stereocenters. The number of aliphatic imine (C=N–C) groups is 1. The molecule has 33 heavy (non-hydrogen) atoms. The van der Waals surface area contributed by atoms with E-state index in [0.717, 1.165) is 19.5 Å². The Bertz CT molecular complexity index is 738. The number of rotatable bonds is 7. The average Bonchev–Trinajstić information content (AvgIpc) is 3.16. The number of morpholine rings is 1. The van der Waals surface area contributed by atoms with Crippen LogP contribution in [0, 0.1) is 16.7 Å². The van der Waals surface area contributed by atoms with Crippen molar-refractivity contribution in [2.24, 2.45) is 10.4 Å². The van der Waals surface area contributed by atoms with E-state index in [2.05, 4.69) is 28.5 Å². The molecule has 2 fully saturated rings. The third-order valence-corrected chi connectivity index (χ3v) is 5.65. The van der Waals surface area contributed by atoms with Crippen LogP contribution in [0.5, 0.6) is 0 Å². The number of alkyl carbamates (subject to hydrolysis) is 1. The van der Waals surface area contributed by atoms with Gasteiger partial charge in [0.1, 0.15) is 11.6 Å². The SMILES string of the molecule is CCCN1CCC(C#N)(NC(=O)C(CC(C)(C)C)N=C(NC(=O)OCC)N2CCOCC2)C1. The second kappa shape index (κ2) is 12.2. The Balaban J connectivity index is 2.29. The molecule has 0 saturated carbocycles. The fourth-order valence-electron chi connectivity index (χ4n) is 4.09. The molecule has 2 aliphatic heterocycles. The first-order valence-electron chi connectivity index (χ1n) is 11.9. The van der Waals surface area contributed by atoms with Gasteiger partial charge in [0.25, 0.3) is 0 Å². The summed E-state index contributed by atoms with van der Waals surface area (Å²) in [7, 11) is 0. The van der Waals surface area contributed by atoms with Crippen molar-refractivity contribution in [2.45, 2.75) is 65.5 Å². The molecule has 0 aliphatic carbocycles. The quantitative estimate of drug-likeness (QED) is 0.435. The molecule has 2 aliphatic rings. The summed E-state index contributed by atoms with van der Waals surface area (Å²) in [5, 5.41) is 15.6. The van der Waals surface area contributed by atoms with Crippen LogP contribution in [0.15, 0.2) is 4.99 Å². The van der Waals surface area contributed by atoms with Crippen LogP contribution < -0.4 is 10.6 Å². The van der Waals surface area contributed by atoms with Crippen LogP contribution in [0.2, 0.25) is 0 Å². The lowest BCUT2D eigenvalue weighted by Crippen LogP contribution is -2.54. The fraction of sp³-hybridized carbons (Fsp3) is 0.826. The van der Waals surface area contributed by atoms with Gasteiger partial charge in [-0.15, -0.1) is 0 Å². The van der Waals surface area contributed by atoms with E-state index in [1.165, 1.54) is 0 Å². The number of ether oxygens (including phenoxy) is 2. The van der Waals surface area contributed by atoms with Crippen molar-refractivity contribution in [3.8, 4) is 6.07 Å². The number of likely N-dealkylation sites (tertiary alicyclic amines) is 1. The fourth-order valence-corrected chi connectivity index (χ4v) is 4.09. The lowest BCUT2D eigenvalue weighted by Gasteiger charge is -2.32. The van der Waals surface area contributed by atoms with Gasteiger partial charge < -0.3 is 19.7 Å². The molecule has 2 N–H and O–H groups in total. The first-order chi connectivity index (χ1) is 15.6. The van der Waals surface area contributed by atoms with Crippen molar-refractivity contribution < 1.29 is 19.1 Å². The smallest absolute Gasteiger partial charge is 0.413 e. The van der Waals surface area contributed by atoms with Crippen molar-refractivity contribution in [3.05, 3.63) is 0 Å². The average molecular weight is 465 g/mol. The van der Waals surface area contributed by atoms with Gasteiger partial charge in [-0.1, -0.05) is 27.7 Å². The maximum Gasteiger partial charge on any atom is 0.413 e. The normalized spacial score (nSPS) is 23.0. The molecule has 2 saturated heterocycles. The van der Waals surface area contributed by atoms with E-state index >= 15 is 0 Å². The third-order valence-electron chi connectivity index (χ3n) is 5.65. The molecule has 186 valence electrons. The largest absolute Gasteiger partial charge is 0.450 e. The van der Waals surface area contributed by atoms with Crippen LogP contribution in [0.1, 0.15) is 53.9 Å². The molecule has 2 heterocycles. The summed E-state index contributed by atoms with van der Waals surface area (Å²) >= 11 is 0. The number of hydrogen-bond acceptors (Lipinski definition) is 7. The highest BCUT2D eigenvalue weighted by molar-refractivity contribution is 5.96. The second-order valence-electron chi connectivity index (χ2n) is 9.89. The lowest BCUT2D eigenvalue weighted by molar-refractivity contribution is -0.124. The Morgan fingerprint density at radius 1 is 1.24 bits per heavy atom. The van der Waals surface area contributed by atoms with Gasteiger partial charge in [-0.3, -0.25) is 15.0 Å². The minimum atomic E-state index is -0.925. The van der Waals surface area contributed by atoms with Crippen LogP contribution in [0.25, 0.3) is 0 Å². The van der Waals surface area contributed by atoms with E-state index in [0.29, 0.717) is 51.6 Å². The molecule has 0 aromatic carbocycles. The zero-order valence-corrected chi connectivity index (χ0v) is 20.8. The number of amides is 2. The first-order valence-corrected chi connectivity index (χ1v) is 11.9. The van der Waals surface area contributed by atoms with Gasteiger partial charge in [-0.05, 0) is 38.1 Å². The number of nitriles is 1. The number of guanidine groups is 1. The van der Waals surface area contributed by atoms with Gasteiger partial charge in [-0.25, -0.2) is 9.79 Å². The topological polar surface area (TPSA) is 119 Å². The summed E-state index contributed by atoms with van der Waals surface area (Å²) in [5.41, 5.74) is -1.12. The van der Waals surface area contributed by atoms with Gasteiger partial charge in [-0.2, -0.15) is 5.26 Å². The van der Waals surface area contributed by atoms with Gasteiger partial charge in [0.2, 0.25) is 11.9 Å². The standard InChI is InChI=1S/C23H40N6O4/c1-6-9-28-10-8-23(16-24,17-28)27-19(30)18(15-22(3,4)5)25-20(26-21(31)33-7-2)29-11-13-32-14-12-29/h18H,6-15,17H2,1-5H3,(H,27,30)(H,25,26,31). The van der Waals surface area contributed by atoms with Crippen molar-refractivity contribution >= 4 is 18.0 Å². The van der Waals surface area contributed by atoms with E-state index in [1.54, 1.807) is 6.92 Å². The number of carbonyl (C=O) groups excluding carboxylic acids is 2. The maximum absolute atomic E-state index is 13.5. The second-order valence-corrected chi connectivity index (χ2v) is 9.89. The van der Waals surface area contributed by atoms with Crippen LogP contribution in [-0.2, 0) is 14.3 Å². The van der Waals surface area contributed by atoms with E-state index in [1.807, 2.05) is 25.7 Å². The maximum atomic E-state index is 13.5. The Labute approximate surface area is 197 Å². The molecular formula is C23H40N6O4. The van der Waals surface area contributed by atoms with E-state index in [-0.39, 0.29) is 17.9 Å². The molecule has 2 atom stereocenters. The minimum Gasteiger partial charge on any atom is -0.450 e. The van der Waals surface area contributed by atoms with Gasteiger partial charge >= 0.3 is 6.09 Å². The number of nitrogens with one attached hydrogen (secondary N) is 2. The van der Waals surface area contributed by atoms with Crippen LogP contribution >= 0.6 is 0 Å². The molecule has 0 spiro atoms. The highest BCUT2D eigenvalue weighted by Gasteiger charge is 2.41. The minimum absolute atomic E-state index is 0.199. The molecule has 10 heteroatoms. The van der Waals surface area contributed by atoms with Gasteiger partial charge in [0, 0.05) is 26.2 Å². The molecule has 2 amide bonds. The molecule has 0 aromatic rings. The Kier molecular flexibility index (Phi) is 9.92. The van der Waals surface area contributed by atoms with Crippen LogP contribution in [0.3, 0.4) is 0 Å². The molecule has 0 radical (unpaired) electrons. The van der Waals surface area contributed by atoms with Gasteiger partial charge in [0.05, 0.1) is 25.9 Å². The highest BCUT2D eigenvalue weighted by atomic mass is 16.5. The van der Waals surface area contributed by atoms with Crippen molar-refractivity contribution in [1.82, 2.24) is 20.4 Å². The summed E-state index contributed by atoms with van der Waals surface area (Å²) in [6, 6.07) is 1.57. The molecular weight excluding hydrogens is 424 g/mol. The molecule has 0 bridgehead atoms. The lowest BCUT2D eigenvalue weighted by atomic mass is 9.87. The number of carbonyl (C=O) groups is 2. The molecule has 10 nitrogen and oxygen atoms in total. The Hall–Kier alpha value is -2.38. The predicted molar refractivity (Wildman–Crippen MR) is 126 cm³/mol. The summed E-state index contributed by atoms with van der Waals surface area (Å²) in [6.45, 7) is 14.4. The van der Waals surface area contributed by atoms with E-state index in [9.17, 15) is 14.9 Å². The zero-order valence-electron chi connectivity index (χ0n) is 20.8. The van der Waals surface area contributed by atoms with Crippen LogP contribution in [0.4, 0.5) is 4.79 Å². The molecule has 0 aromatic heterocycles. The Morgan fingerprint density at radius 3 is 2.52 bits per heavy atom. The van der Waals surface area contributed by atoms with Crippen molar-refractivity contribution in [2.75, 3.05) is 52.5 Å². The molecule has 2 rings (SSSR count). The Morgan fingerprint density at radius 2 is 1.94 bits per heavy atom. The summed E-state index contributed by atoms with van der Waals surface area (Å²) in [6.07, 6.45) is 1.42. The monoisotopic (exact) mass is 464 g/mol.